The van der Waals surface area contributed by atoms with Crippen LogP contribution >= 0.6 is 0 Å². The van der Waals surface area contributed by atoms with Gasteiger partial charge in [0.1, 0.15) is 11.6 Å². The monoisotopic (exact) mass is 392 g/mol. The molecule has 0 atom stereocenters. The molecule has 29 heavy (non-hydrogen) atoms. The topological polar surface area (TPSA) is 103 Å². The second kappa shape index (κ2) is 8.23. The van der Waals surface area contributed by atoms with Crippen LogP contribution in [0.1, 0.15) is 36.9 Å². The van der Waals surface area contributed by atoms with Crippen molar-refractivity contribution in [2.75, 3.05) is 5.32 Å². The minimum atomic E-state index is -0.452. The van der Waals surface area contributed by atoms with Gasteiger partial charge in [-0.2, -0.15) is 0 Å². The summed E-state index contributed by atoms with van der Waals surface area (Å²) in [4.78, 5) is 13.5. The first-order valence-corrected chi connectivity index (χ1v) is 9.84. The summed E-state index contributed by atoms with van der Waals surface area (Å²) < 4.78 is 13.3. The number of nitrogens with two attached hydrogens (primary N) is 2. The Kier molecular flexibility index (Phi) is 5.51. The molecule has 1 saturated carbocycles. The summed E-state index contributed by atoms with van der Waals surface area (Å²) >= 11 is 0. The number of nitrogens with one attached hydrogen (secondary N) is 1. The van der Waals surface area contributed by atoms with Gasteiger partial charge < -0.3 is 16.8 Å². The zero-order valence-corrected chi connectivity index (χ0v) is 16.2. The van der Waals surface area contributed by atoms with E-state index in [0.717, 1.165) is 48.2 Å². The molecule has 2 heterocycles. The molecule has 1 aliphatic carbocycles. The van der Waals surface area contributed by atoms with Gasteiger partial charge in [0.15, 0.2) is 0 Å². The first-order valence-electron chi connectivity index (χ1n) is 9.84. The van der Waals surface area contributed by atoms with Gasteiger partial charge in [-0.15, -0.1) is 0 Å². The highest BCUT2D eigenvalue weighted by molar-refractivity contribution is 5.60. The molecule has 1 aliphatic rings. The van der Waals surface area contributed by atoms with Gasteiger partial charge >= 0.3 is 0 Å². The van der Waals surface area contributed by atoms with Crippen molar-refractivity contribution in [3.63, 3.8) is 0 Å². The second-order valence-electron chi connectivity index (χ2n) is 7.70. The lowest BCUT2D eigenvalue weighted by molar-refractivity contribution is 0.271. The summed E-state index contributed by atoms with van der Waals surface area (Å²) in [5.74, 6) is 0.365. The fraction of sp³-hybridized carbons (Fsp3) is 0.318. The fourth-order valence-electron chi connectivity index (χ4n) is 3.70. The van der Waals surface area contributed by atoms with Crippen LogP contribution in [0.2, 0.25) is 0 Å². The number of nitrogens with zero attached hydrogens (tertiary/aromatic N) is 3. The second-order valence-corrected chi connectivity index (χ2v) is 7.70. The first kappa shape index (κ1) is 19.4. The molecule has 0 aliphatic heterocycles. The van der Waals surface area contributed by atoms with Gasteiger partial charge in [0.25, 0.3) is 0 Å². The third-order valence-electron chi connectivity index (χ3n) is 5.49. The van der Waals surface area contributed by atoms with E-state index < -0.39 is 5.54 Å². The largest absolute Gasteiger partial charge is 0.365 e. The highest BCUT2D eigenvalue weighted by Crippen LogP contribution is 2.34. The molecule has 7 heteroatoms. The Morgan fingerprint density at radius 1 is 1.14 bits per heavy atom. The molecule has 1 fully saturated rings. The van der Waals surface area contributed by atoms with Crippen LogP contribution in [0.3, 0.4) is 0 Å². The third kappa shape index (κ3) is 4.58. The molecule has 0 radical (unpaired) electrons. The number of benzene rings is 1. The predicted molar refractivity (Wildman–Crippen MR) is 111 cm³/mol. The van der Waals surface area contributed by atoms with Gasteiger partial charge in [-0.1, -0.05) is 12.1 Å². The molecule has 6 nitrogen and oxygen atoms in total. The van der Waals surface area contributed by atoms with E-state index in [4.69, 9.17) is 11.5 Å². The van der Waals surface area contributed by atoms with Crippen LogP contribution in [0.4, 0.5) is 10.2 Å². The zero-order valence-electron chi connectivity index (χ0n) is 16.2. The van der Waals surface area contributed by atoms with Crippen molar-refractivity contribution >= 4 is 5.82 Å². The maximum Gasteiger partial charge on any atom is 0.145 e. The normalized spacial score (nSPS) is 21.7. The van der Waals surface area contributed by atoms with Gasteiger partial charge in [-0.05, 0) is 55.5 Å². The van der Waals surface area contributed by atoms with E-state index >= 15 is 0 Å². The van der Waals surface area contributed by atoms with Gasteiger partial charge in [0, 0.05) is 24.3 Å². The molecule has 0 unspecified atom stereocenters. The van der Waals surface area contributed by atoms with Crippen molar-refractivity contribution in [2.24, 2.45) is 11.5 Å². The Bertz CT molecular complexity index is 984. The Labute approximate surface area is 169 Å². The Morgan fingerprint density at radius 2 is 1.97 bits per heavy atom. The summed E-state index contributed by atoms with van der Waals surface area (Å²) in [6.07, 6.45) is 8.59. The van der Waals surface area contributed by atoms with Gasteiger partial charge in [-0.3, -0.25) is 9.97 Å². The summed E-state index contributed by atoms with van der Waals surface area (Å²) in [6.45, 7) is 0.462. The third-order valence-corrected chi connectivity index (χ3v) is 5.49. The Balaban J connectivity index is 1.52. The summed E-state index contributed by atoms with van der Waals surface area (Å²) in [5, 5.41) is 3.19. The molecule has 4 rings (SSSR count). The number of halogens is 1. The average Bonchev–Trinajstić information content (AvgIpc) is 2.75. The number of aromatic nitrogens is 3. The van der Waals surface area contributed by atoms with Crippen molar-refractivity contribution in [1.82, 2.24) is 15.0 Å². The minimum Gasteiger partial charge on any atom is -0.365 e. The molecule has 150 valence electrons. The molecule has 3 aromatic rings. The highest BCUT2D eigenvalue weighted by Gasteiger charge is 2.33. The standard InChI is InChI=1S/C22H25FN6/c23-17-3-1-2-15(10-17)12-28-21-14-26-13-19(29-21)16-6-9-27-20(11-16)22(25)7-4-18(24)5-8-22/h1-3,6,9-11,13-14,18H,4-5,7-8,12,24-25H2,(H,28,29). The maximum absolute atomic E-state index is 13.3. The number of hydrogen-bond donors (Lipinski definition) is 3. The molecule has 2 aromatic heterocycles. The lowest BCUT2D eigenvalue weighted by atomic mass is 9.78. The quantitative estimate of drug-likeness (QED) is 0.615. The van der Waals surface area contributed by atoms with E-state index in [9.17, 15) is 4.39 Å². The van der Waals surface area contributed by atoms with Crippen LogP contribution in [0.25, 0.3) is 11.3 Å². The van der Waals surface area contributed by atoms with Crippen molar-refractivity contribution < 1.29 is 4.39 Å². The van der Waals surface area contributed by atoms with Crippen LogP contribution in [0.15, 0.2) is 55.0 Å². The van der Waals surface area contributed by atoms with Crippen LogP contribution < -0.4 is 16.8 Å². The van der Waals surface area contributed by atoms with Crippen molar-refractivity contribution in [1.29, 1.82) is 0 Å². The molecular weight excluding hydrogens is 367 g/mol. The first-order chi connectivity index (χ1) is 14.0. The SMILES string of the molecule is NC1CCC(N)(c2cc(-c3cncc(NCc4cccc(F)c4)n3)ccn2)CC1. The molecule has 0 spiro atoms. The van der Waals surface area contributed by atoms with E-state index in [1.54, 1.807) is 24.7 Å². The van der Waals surface area contributed by atoms with Crippen LogP contribution in [0, 0.1) is 5.82 Å². The van der Waals surface area contributed by atoms with Crippen molar-refractivity contribution in [2.45, 2.75) is 43.8 Å². The summed E-state index contributed by atoms with van der Waals surface area (Å²) in [5.41, 5.74) is 15.6. The molecule has 0 bridgehead atoms. The molecule has 0 amide bonds. The van der Waals surface area contributed by atoms with Gasteiger partial charge in [0.05, 0.1) is 29.3 Å². The van der Waals surface area contributed by atoms with Crippen LogP contribution in [0.5, 0.6) is 0 Å². The van der Waals surface area contributed by atoms with Gasteiger partial charge in [-0.25, -0.2) is 9.37 Å². The van der Waals surface area contributed by atoms with E-state index in [0.29, 0.717) is 12.4 Å². The average molecular weight is 392 g/mol. The lowest BCUT2D eigenvalue weighted by Gasteiger charge is -2.35. The van der Waals surface area contributed by atoms with Crippen LogP contribution in [-0.2, 0) is 12.1 Å². The number of rotatable bonds is 5. The highest BCUT2D eigenvalue weighted by atomic mass is 19.1. The number of hydrogen-bond acceptors (Lipinski definition) is 6. The molecular formula is C22H25FN6. The maximum atomic E-state index is 13.3. The van der Waals surface area contributed by atoms with E-state index in [2.05, 4.69) is 20.3 Å². The Hall–Kier alpha value is -2.90. The number of pyridine rings is 1. The smallest absolute Gasteiger partial charge is 0.145 e. The zero-order chi connectivity index (χ0) is 20.3. The van der Waals surface area contributed by atoms with E-state index in [1.807, 2.05) is 18.2 Å². The summed E-state index contributed by atoms with van der Waals surface area (Å²) in [7, 11) is 0. The number of anilines is 1. The van der Waals surface area contributed by atoms with Crippen molar-refractivity contribution in [3.05, 3.63) is 72.1 Å². The summed E-state index contributed by atoms with van der Waals surface area (Å²) in [6, 6.07) is 10.6. The van der Waals surface area contributed by atoms with Crippen LogP contribution in [-0.4, -0.2) is 21.0 Å². The predicted octanol–water partition coefficient (Wildman–Crippen LogP) is 3.35. The van der Waals surface area contributed by atoms with Gasteiger partial charge in [0.2, 0.25) is 0 Å². The Morgan fingerprint density at radius 3 is 2.76 bits per heavy atom. The molecule has 0 saturated heterocycles. The van der Waals surface area contributed by atoms with E-state index in [1.165, 1.54) is 12.1 Å². The van der Waals surface area contributed by atoms with Crippen molar-refractivity contribution in [3.8, 4) is 11.3 Å². The lowest BCUT2D eigenvalue weighted by Crippen LogP contribution is -2.44. The molecule has 1 aromatic carbocycles. The van der Waals surface area contributed by atoms with E-state index in [-0.39, 0.29) is 11.9 Å². The molecule has 5 N–H and O–H groups in total. The fourth-order valence-corrected chi connectivity index (χ4v) is 3.70. The minimum absolute atomic E-state index is 0.224.